The second kappa shape index (κ2) is 7.61. The minimum Gasteiger partial charge on any atom is -0.368 e. The normalized spacial score (nSPS) is 24.6. The molecule has 0 spiro atoms. The number of para-hydroxylation sites is 1. The lowest BCUT2D eigenvalue weighted by Gasteiger charge is -2.38. The molecule has 3 fully saturated rings. The van der Waals surface area contributed by atoms with Crippen LogP contribution < -0.4 is 14.7 Å². The SMILES string of the molecule is CN1C[C@H]2CCN(c3ccc(N4CCN(c5ccccc5C#N)CC4)cc3)[C@H]2C1. The van der Waals surface area contributed by atoms with E-state index in [0.29, 0.717) is 6.04 Å². The van der Waals surface area contributed by atoms with Crippen LogP contribution in [0.25, 0.3) is 0 Å². The molecule has 0 bridgehead atoms. The summed E-state index contributed by atoms with van der Waals surface area (Å²) in [6.07, 6.45) is 1.32. The molecule has 0 aromatic heterocycles. The maximum atomic E-state index is 9.37. The number of likely N-dealkylation sites (N-methyl/N-ethyl adjacent to an activating group) is 1. The van der Waals surface area contributed by atoms with E-state index in [1.807, 2.05) is 18.2 Å². The van der Waals surface area contributed by atoms with Crippen molar-refractivity contribution in [1.29, 1.82) is 5.26 Å². The molecule has 3 saturated heterocycles. The van der Waals surface area contributed by atoms with Crippen LogP contribution in [0.2, 0.25) is 0 Å². The molecular weight excluding hydrogens is 358 g/mol. The zero-order valence-corrected chi connectivity index (χ0v) is 17.2. The van der Waals surface area contributed by atoms with Gasteiger partial charge in [0.1, 0.15) is 6.07 Å². The van der Waals surface area contributed by atoms with Crippen LogP contribution in [0.3, 0.4) is 0 Å². The molecule has 0 N–H and O–H groups in total. The Hall–Kier alpha value is -2.71. The summed E-state index contributed by atoms with van der Waals surface area (Å²) in [4.78, 5) is 9.89. The number of hydrogen-bond acceptors (Lipinski definition) is 5. The van der Waals surface area contributed by atoms with Gasteiger partial charge in [-0.3, -0.25) is 0 Å². The fraction of sp³-hybridized carbons (Fsp3) is 0.458. The van der Waals surface area contributed by atoms with Crippen molar-refractivity contribution in [1.82, 2.24) is 4.90 Å². The molecule has 0 unspecified atom stereocenters. The molecule has 3 heterocycles. The first-order chi connectivity index (χ1) is 14.2. The Balaban J connectivity index is 1.24. The molecule has 5 nitrogen and oxygen atoms in total. The molecule has 2 aromatic rings. The number of nitrogens with zero attached hydrogens (tertiary/aromatic N) is 5. The zero-order chi connectivity index (χ0) is 19.8. The van der Waals surface area contributed by atoms with Crippen LogP contribution in [0, 0.1) is 17.2 Å². The molecule has 0 saturated carbocycles. The monoisotopic (exact) mass is 387 g/mol. The summed E-state index contributed by atoms with van der Waals surface area (Å²) in [5.41, 5.74) is 4.52. The Morgan fingerprint density at radius 2 is 1.52 bits per heavy atom. The fourth-order valence-electron chi connectivity index (χ4n) is 5.40. The van der Waals surface area contributed by atoms with E-state index in [4.69, 9.17) is 0 Å². The van der Waals surface area contributed by atoms with Crippen molar-refractivity contribution in [2.45, 2.75) is 12.5 Å². The summed E-state index contributed by atoms with van der Waals surface area (Å²) in [7, 11) is 2.24. The molecule has 0 aliphatic carbocycles. The first-order valence-electron chi connectivity index (χ1n) is 10.8. The van der Waals surface area contributed by atoms with Crippen molar-refractivity contribution in [3.05, 3.63) is 54.1 Å². The quantitative estimate of drug-likeness (QED) is 0.809. The topological polar surface area (TPSA) is 36.8 Å². The number of rotatable bonds is 3. The number of anilines is 3. The number of hydrogen-bond donors (Lipinski definition) is 0. The smallest absolute Gasteiger partial charge is 0.101 e. The van der Waals surface area contributed by atoms with Crippen molar-refractivity contribution >= 4 is 17.1 Å². The Kier molecular flexibility index (Phi) is 4.81. The highest BCUT2D eigenvalue weighted by atomic mass is 15.3. The maximum absolute atomic E-state index is 9.37. The van der Waals surface area contributed by atoms with Crippen molar-refractivity contribution in [3.8, 4) is 6.07 Å². The van der Waals surface area contributed by atoms with Crippen molar-refractivity contribution in [2.75, 3.05) is 67.6 Å². The van der Waals surface area contributed by atoms with Crippen LogP contribution in [0.4, 0.5) is 17.1 Å². The number of nitriles is 1. The second-order valence-electron chi connectivity index (χ2n) is 8.65. The fourth-order valence-corrected chi connectivity index (χ4v) is 5.40. The van der Waals surface area contributed by atoms with E-state index in [1.54, 1.807) is 0 Å². The second-order valence-corrected chi connectivity index (χ2v) is 8.65. The zero-order valence-electron chi connectivity index (χ0n) is 17.2. The molecule has 5 rings (SSSR count). The Morgan fingerprint density at radius 1 is 0.828 bits per heavy atom. The first kappa shape index (κ1) is 18.3. The Labute approximate surface area is 173 Å². The highest BCUT2D eigenvalue weighted by Gasteiger charge is 2.40. The minimum atomic E-state index is 0.689. The van der Waals surface area contributed by atoms with Crippen molar-refractivity contribution in [3.63, 3.8) is 0 Å². The summed E-state index contributed by atoms with van der Waals surface area (Å²) in [6, 6.07) is 20.2. The van der Waals surface area contributed by atoms with Gasteiger partial charge < -0.3 is 19.6 Å². The third kappa shape index (κ3) is 3.42. The van der Waals surface area contributed by atoms with Gasteiger partial charge in [0, 0.05) is 63.2 Å². The highest BCUT2D eigenvalue weighted by Crippen LogP contribution is 2.35. The molecule has 3 aliphatic heterocycles. The average molecular weight is 388 g/mol. The van der Waals surface area contributed by atoms with E-state index in [9.17, 15) is 5.26 Å². The Morgan fingerprint density at radius 3 is 2.28 bits per heavy atom. The lowest BCUT2D eigenvalue weighted by molar-refractivity contribution is 0.386. The van der Waals surface area contributed by atoms with E-state index in [2.05, 4.69) is 63.0 Å². The predicted molar refractivity (Wildman–Crippen MR) is 119 cm³/mol. The molecule has 29 heavy (non-hydrogen) atoms. The lowest BCUT2D eigenvalue weighted by Crippen LogP contribution is -2.46. The molecule has 3 aliphatic rings. The standard InChI is InChI=1S/C24H29N5/c1-26-17-20-10-11-29(24(20)18-26)22-8-6-21(7-9-22)27-12-14-28(15-13-27)23-5-3-2-4-19(23)16-25/h2-9,20,24H,10-15,17-18H2,1H3/t20-,24+/m1/s1. The van der Waals surface area contributed by atoms with Gasteiger partial charge in [0.2, 0.25) is 0 Å². The van der Waals surface area contributed by atoms with Gasteiger partial charge in [-0.15, -0.1) is 0 Å². The summed E-state index contributed by atoms with van der Waals surface area (Å²) in [5, 5.41) is 9.37. The molecule has 2 atom stereocenters. The van der Waals surface area contributed by atoms with E-state index in [0.717, 1.165) is 43.3 Å². The van der Waals surface area contributed by atoms with E-state index >= 15 is 0 Å². The van der Waals surface area contributed by atoms with Crippen LogP contribution in [0.1, 0.15) is 12.0 Å². The third-order valence-corrected chi connectivity index (χ3v) is 6.92. The molecule has 2 aromatic carbocycles. The van der Waals surface area contributed by atoms with Crippen LogP contribution in [-0.2, 0) is 0 Å². The molecule has 0 amide bonds. The van der Waals surface area contributed by atoms with Crippen LogP contribution in [0.15, 0.2) is 48.5 Å². The van der Waals surface area contributed by atoms with Gasteiger partial charge in [0.15, 0.2) is 0 Å². The number of fused-ring (bicyclic) bond motifs is 1. The summed E-state index contributed by atoms with van der Waals surface area (Å²) < 4.78 is 0. The van der Waals surface area contributed by atoms with Gasteiger partial charge in [-0.1, -0.05) is 12.1 Å². The third-order valence-electron chi connectivity index (χ3n) is 6.92. The van der Waals surface area contributed by atoms with Crippen molar-refractivity contribution in [2.24, 2.45) is 5.92 Å². The van der Waals surface area contributed by atoms with Gasteiger partial charge in [0.05, 0.1) is 11.3 Å². The van der Waals surface area contributed by atoms with Gasteiger partial charge in [-0.25, -0.2) is 0 Å². The lowest BCUT2D eigenvalue weighted by atomic mass is 10.0. The van der Waals surface area contributed by atoms with Gasteiger partial charge >= 0.3 is 0 Å². The van der Waals surface area contributed by atoms with E-state index in [-0.39, 0.29) is 0 Å². The summed E-state index contributed by atoms with van der Waals surface area (Å²) >= 11 is 0. The largest absolute Gasteiger partial charge is 0.368 e. The number of benzene rings is 2. The van der Waals surface area contributed by atoms with Crippen LogP contribution in [-0.4, -0.2) is 63.8 Å². The first-order valence-corrected chi connectivity index (χ1v) is 10.8. The highest BCUT2D eigenvalue weighted by molar-refractivity contribution is 5.62. The Bertz CT molecular complexity index is 894. The summed E-state index contributed by atoms with van der Waals surface area (Å²) in [6.45, 7) is 7.50. The molecular formula is C24H29N5. The maximum Gasteiger partial charge on any atom is 0.101 e. The van der Waals surface area contributed by atoms with Gasteiger partial charge in [-0.2, -0.15) is 5.26 Å². The number of likely N-dealkylation sites (tertiary alicyclic amines) is 1. The van der Waals surface area contributed by atoms with Gasteiger partial charge in [-0.05, 0) is 55.8 Å². The molecule has 0 radical (unpaired) electrons. The number of piperazine rings is 1. The average Bonchev–Trinajstić information content (AvgIpc) is 3.33. The summed E-state index contributed by atoms with van der Waals surface area (Å²) in [5.74, 6) is 0.837. The van der Waals surface area contributed by atoms with Crippen LogP contribution >= 0.6 is 0 Å². The predicted octanol–water partition coefficient (Wildman–Crippen LogP) is 3.03. The van der Waals surface area contributed by atoms with Crippen LogP contribution in [0.5, 0.6) is 0 Å². The minimum absolute atomic E-state index is 0.689. The van der Waals surface area contributed by atoms with Crippen molar-refractivity contribution < 1.29 is 0 Å². The molecule has 5 heteroatoms. The van der Waals surface area contributed by atoms with E-state index in [1.165, 1.54) is 37.4 Å². The van der Waals surface area contributed by atoms with E-state index < -0.39 is 0 Å². The molecule has 150 valence electrons. The van der Waals surface area contributed by atoms with Gasteiger partial charge in [0.25, 0.3) is 0 Å².